The van der Waals surface area contributed by atoms with E-state index >= 15 is 0 Å². The van der Waals surface area contributed by atoms with Crippen LogP contribution in [0, 0.1) is 0 Å². The molecule has 8 nitrogen and oxygen atoms in total. The molecule has 0 saturated heterocycles. The van der Waals surface area contributed by atoms with Crippen molar-refractivity contribution in [1.29, 1.82) is 0 Å². The van der Waals surface area contributed by atoms with Gasteiger partial charge in [-0.15, -0.1) is 0 Å². The molecule has 0 spiro atoms. The average molecular weight is 312 g/mol. The Morgan fingerprint density at radius 2 is 1.81 bits per heavy atom. The molecule has 0 aliphatic rings. The van der Waals surface area contributed by atoms with E-state index in [0.29, 0.717) is 17.8 Å². The Morgan fingerprint density at radius 1 is 1.14 bits per heavy atom. The van der Waals surface area contributed by atoms with Crippen molar-refractivity contribution in [2.24, 2.45) is 11.5 Å². The van der Waals surface area contributed by atoms with Crippen molar-refractivity contribution in [1.82, 2.24) is 0 Å². The summed E-state index contributed by atoms with van der Waals surface area (Å²) in [6.07, 6.45) is 0.961. The van der Waals surface area contributed by atoms with E-state index in [1.54, 1.807) is 0 Å². The normalized spacial score (nSPS) is 9.95. The first kappa shape index (κ1) is 16.6. The number of amides is 4. The number of rotatable bonds is 7. The second kappa shape index (κ2) is 7.39. The topological polar surface area (TPSA) is 144 Å². The van der Waals surface area contributed by atoms with Crippen molar-refractivity contribution >= 4 is 45.0 Å². The molecule has 114 valence electrons. The molecule has 6 N–H and O–H groups in total. The monoisotopic (exact) mass is 312 g/mol. The molecule has 0 bridgehead atoms. The van der Waals surface area contributed by atoms with Crippen molar-refractivity contribution in [3.8, 4) is 0 Å². The zero-order valence-corrected chi connectivity index (χ0v) is 12.2. The summed E-state index contributed by atoms with van der Waals surface area (Å²) in [5.41, 5.74) is 10.2. The van der Waals surface area contributed by atoms with Crippen LogP contribution < -0.4 is 22.1 Å². The maximum atomic E-state index is 11.7. The van der Waals surface area contributed by atoms with Crippen molar-refractivity contribution in [3.63, 3.8) is 0 Å². The lowest BCUT2D eigenvalue weighted by Crippen LogP contribution is -2.21. The third-order valence-electron chi connectivity index (χ3n) is 2.43. The molecule has 9 heteroatoms. The van der Waals surface area contributed by atoms with Crippen LogP contribution in [0.1, 0.15) is 36.5 Å². The van der Waals surface area contributed by atoms with E-state index in [4.69, 9.17) is 11.5 Å². The van der Waals surface area contributed by atoms with Gasteiger partial charge in [0.15, 0.2) is 0 Å². The molecule has 4 amide bonds. The number of hydrogen-bond donors (Lipinski definition) is 4. The lowest BCUT2D eigenvalue weighted by atomic mass is 10.2. The molecule has 0 aromatic carbocycles. The molecule has 0 atom stereocenters. The number of hydrogen-bond acceptors (Lipinski definition) is 5. The number of ketones is 1. The maximum Gasteiger partial charge on any atom is 0.317 e. The van der Waals surface area contributed by atoms with E-state index < -0.39 is 11.9 Å². The number of carbonyl (C=O) groups is 4. The van der Waals surface area contributed by atoms with E-state index in [-0.39, 0.29) is 28.7 Å². The molecule has 1 aromatic heterocycles. The lowest BCUT2D eigenvalue weighted by Gasteiger charge is -2.01. The lowest BCUT2D eigenvalue weighted by molar-refractivity contribution is -0.117. The fourth-order valence-corrected chi connectivity index (χ4v) is 2.52. The Kier molecular flexibility index (Phi) is 5.85. The fourth-order valence-electron chi connectivity index (χ4n) is 1.54. The summed E-state index contributed by atoms with van der Waals surface area (Å²) in [5, 5.41) is 5.38. The highest BCUT2D eigenvalue weighted by Gasteiger charge is 2.16. The van der Waals surface area contributed by atoms with Crippen LogP contribution in [0.5, 0.6) is 0 Å². The zero-order valence-electron chi connectivity index (χ0n) is 11.4. The first-order chi connectivity index (χ1) is 9.79. The SMILES string of the molecule is CC(=O)CCCC(=O)Nc1cc(C(N)=O)c(NC(N)=O)s1. The Morgan fingerprint density at radius 3 is 2.33 bits per heavy atom. The van der Waals surface area contributed by atoms with Gasteiger partial charge in [0.25, 0.3) is 5.91 Å². The Hall–Kier alpha value is -2.42. The van der Waals surface area contributed by atoms with E-state index in [2.05, 4.69) is 10.6 Å². The van der Waals surface area contributed by atoms with Gasteiger partial charge in [0.1, 0.15) is 10.8 Å². The van der Waals surface area contributed by atoms with Gasteiger partial charge in [0.2, 0.25) is 5.91 Å². The van der Waals surface area contributed by atoms with Crippen LogP contribution >= 0.6 is 11.3 Å². The number of anilines is 2. The van der Waals surface area contributed by atoms with E-state index in [0.717, 1.165) is 11.3 Å². The summed E-state index contributed by atoms with van der Waals surface area (Å²) < 4.78 is 0. The maximum absolute atomic E-state index is 11.7. The average Bonchev–Trinajstić information content (AvgIpc) is 2.70. The largest absolute Gasteiger partial charge is 0.366 e. The number of carbonyl (C=O) groups excluding carboxylic acids is 4. The van der Waals surface area contributed by atoms with Gasteiger partial charge in [-0.1, -0.05) is 11.3 Å². The minimum Gasteiger partial charge on any atom is -0.366 e. The van der Waals surface area contributed by atoms with Gasteiger partial charge >= 0.3 is 6.03 Å². The highest BCUT2D eigenvalue weighted by molar-refractivity contribution is 7.20. The number of thiophene rings is 1. The smallest absolute Gasteiger partial charge is 0.317 e. The van der Waals surface area contributed by atoms with Crippen molar-refractivity contribution in [2.45, 2.75) is 26.2 Å². The van der Waals surface area contributed by atoms with Crippen LogP contribution in [0.4, 0.5) is 14.8 Å². The van der Waals surface area contributed by atoms with E-state index in [1.165, 1.54) is 13.0 Å². The molecule has 21 heavy (non-hydrogen) atoms. The van der Waals surface area contributed by atoms with Crippen LogP contribution in [0.25, 0.3) is 0 Å². The van der Waals surface area contributed by atoms with Crippen LogP contribution in [0.2, 0.25) is 0 Å². The first-order valence-corrected chi connectivity index (χ1v) is 6.90. The Bertz CT molecular complexity index is 582. The third kappa shape index (κ3) is 5.61. The van der Waals surface area contributed by atoms with Crippen LogP contribution in [-0.4, -0.2) is 23.6 Å². The van der Waals surface area contributed by atoms with E-state index in [9.17, 15) is 19.2 Å². The number of Topliss-reactive ketones (excluding diaryl/α,β-unsaturated/α-hetero) is 1. The quantitative estimate of drug-likeness (QED) is 0.596. The minimum atomic E-state index is -0.835. The van der Waals surface area contributed by atoms with Crippen LogP contribution in [0.15, 0.2) is 6.07 Å². The fraction of sp³-hybridized carbons (Fsp3) is 0.333. The number of urea groups is 1. The summed E-state index contributed by atoms with van der Waals surface area (Å²) >= 11 is 0.973. The molecule has 0 aliphatic heterocycles. The van der Waals surface area contributed by atoms with Crippen molar-refractivity contribution in [3.05, 3.63) is 11.6 Å². The molecular formula is C12H16N4O4S. The number of nitrogens with two attached hydrogens (primary N) is 2. The van der Waals surface area contributed by atoms with Crippen molar-refractivity contribution in [2.75, 3.05) is 10.6 Å². The minimum absolute atomic E-state index is 0.0166. The third-order valence-corrected chi connectivity index (χ3v) is 3.40. The highest BCUT2D eigenvalue weighted by Crippen LogP contribution is 2.32. The number of nitrogens with one attached hydrogen (secondary N) is 2. The van der Waals surface area contributed by atoms with Gasteiger partial charge < -0.3 is 21.6 Å². The first-order valence-electron chi connectivity index (χ1n) is 6.09. The van der Waals surface area contributed by atoms with Crippen LogP contribution in [-0.2, 0) is 9.59 Å². The molecule has 1 rings (SSSR count). The summed E-state index contributed by atoms with van der Waals surface area (Å²) in [6.45, 7) is 1.46. The Balaban J connectivity index is 2.70. The van der Waals surface area contributed by atoms with Gasteiger partial charge in [-0.3, -0.25) is 14.9 Å². The summed E-state index contributed by atoms with van der Waals surface area (Å²) in [6, 6.07) is 0.528. The summed E-state index contributed by atoms with van der Waals surface area (Å²) in [4.78, 5) is 44.5. The van der Waals surface area contributed by atoms with E-state index in [1.807, 2.05) is 0 Å². The van der Waals surface area contributed by atoms with Gasteiger partial charge in [-0.2, -0.15) is 0 Å². The van der Waals surface area contributed by atoms with Gasteiger partial charge in [0.05, 0.1) is 10.6 Å². The summed E-state index contributed by atoms with van der Waals surface area (Å²) in [7, 11) is 0. The molecule has 0 unspecified atom stereocenters. The molecular weight excluding hydrogens is 296 g/mol. The van der Waals surface area contributed by atoms with Crippen LogP contribution in [0.3, 0.4) is 0 Å². The zero-order chi connectivity index (χ0) is 16.0. The summed E-state index contributed by atoms with van der Waals surface area (Å²) in [5.74, 6) is -1.02. The highest BCUT2D eigenvalue weighted by atomic mass is 32.1. The van der Waals surface area contributed by atoms with Gasteiger partial charge in [-0.05, 0) is 19.4 Å². The van der Waals surface area contributed by atoms with Gasteiger partial charge in [-0.25, -0.2) is 4.79 Å². The second-order valence-corrected chi connectivity index (χ2v) is 5.36. The van der Waals surface area contributed by atoms with Gasteiger partial charge in [0, 0.05) is 12.8 Å². The molecule has 1 heterocycles. The number of primary amides is 2. The predicted octanol–water partition coefficient (Wildman–Crippen LogP) is 1.04. The Labute approximate surface area is 124 Å². The second-order valence-electron chi connectivity index (χ2n) is 4.31. The molecule has 1 aromatic rings. The molecule has 0 fully saturated rings. The molecule has 0 radical (unpaired) electrons. The predicted molar refractivity (Wildman–Crippen MR) is 79.2 cm³/mol. The molecule has 0 saturated carbocycles. The van der Waals surface area contributed by atoms with Crippen molar-refractivity contribution < 1.29 is 19.2 Å². The standard InChI is InChI=1S/C12H16N4O4S/c1-6(17)3-2-4-8(18)15-9-5-7(10(13)19)11(21-9)16-12(14)20/h5H,2-4H2,1H3,(H2,13,19)(H,15,18)(H3,14,16,20). The molecule has 0 aliphatic carbocycles.